The Labute approximate surface area is 174 Å². The van der Waals surface area contributed by atoms with Gasteiger partial charge in [0.05, 0.1) is 22.4 Å². The maximum Gasteiger partial charge on any atom is 0.311 e. The van der Waals surface area contributed by atoms with Crippen LogP contribution in [-0.4, -0.2) is 35.4 Å². The summed E-state index contributed by atoms with van der Waals surface area (Å²) in [5.74, 6) is -1.31. The van der Waals surface area contributed by atoms with E-state index in [1.165, 1.54) is 24.0 Å². The summed E-state index contributed by atoms with van der Waals surface area (Å²) < 4.78 is 18.4. The fourth-order valence-corrected chi connectivity index (χ4v) is 4.30. The number of nitrogens with zero attached hydrogens (tertiary/aromatic N) is 5. The Hall–Kier alpha value is -2.91. The van der Waals surface area contributed by atoms with E-state index in [2.05, 4.69) is 15.1 Å². The van der Waals surface area contributed by atoms with Crippen LogP contribution >= 0.6 is 23.4 Å². The molecule has 0 unspecified atom stereocenters. The molecule has 3 aromatic heterocycles. The Morgan fingerprint density at radius 2 is 2.14 bits per heavy atom. The van der Waals surface area contributed by atoms with Crippen LogP contribution in [0.25, 0.3) is 16.6 Å². The molecule has 0 radical (unpaired) electrons. The highest BCUT2D eigenvalue weighted by Crippen LogP contribution is 2.41. The number of aliphatic carboxylic acids is 1. The lowest BCUT2D eigenvalue weighted by Gasteiger charge is -2.06. The minimum absolute atomic E-state index is 0.0301. The third kappa shape index (κ3) is 3.58. The Kier molecular flexibility index (Phi) is 5.01. The zero-order valence-electron chi connectivity index (χ0n) is 15.4. The number of fused-ring (bicyclic) bond motifs is 1. The van der Waals surface area contributed by atoms with Crippen LogP contribution in [0.15, 0.2) is 46.7 Å². The zero-order valence-corrected chi connectivity index (χ0v) is 17.0. The predicted octanol–water partition coefficient (Wildman–Crippen LogP) is 4.03. The summed E-state index contributed by atoms with van der Waals surface area (Å²) in [6, 6.07) is 4.98. The van der Waals surface area contributed by atoms with Gasteiger partial charge >= 0.3 is 5.97 Å². The van der Waals surface area contributed by atoms with Crippen LogP contribution in [0, 0.1) is 12.7 Å². The van der Waals surface area contributed by atoms with E-state index in [-0.39, 0.29) is 17.3 Å². The minimum Gasteiger partial charge on any atom is -0.481 e. The Bertz CT molecular complexity index is 1250. The lowest BCUT2D eigenvalue weighted by atomic mass is 10.2. The van der Waals surface area contributed by atoms with Crippen LogP contribution in [-0.2, 0) is 18.3 Å². The van der Waals surface area contributed by atoms with Gasteiger partial charge < -0.3 is 9.67 Å². The van der Waals surface area contributed by atoms with Gasteiger partial charge in [-0.2, -0.15) is 5.10 Å². The van der Waals surface area contributed by atoms with Gasteiger partial charge in [0.15, 0.2) is 5.82 Å². The van der Waals surface area contributed by atoms with Crippen molar-refractivity contribution in [1.82, 2.24) is 24.3 Å². The van der Waals surface area contributed by atoms with E-state index in [1.54, 1.807) is 40.8 Å². The Balaban J connectivity index is 1.89. The van der Waals surface area contributed by atoms with Gasteiger partial charge in [-0.1, -0.05) is 23.4 Å². The predicted molar refractivity (Wildman–Crippen MR) is 107 cm³/mol. The van der Waals surface area contributed by atoms with Crippen molar-refractivity contribution in [1.29, 1.82) is 0 Å². The van der Waals surface area contributed by atoms with Crippen molar-refractivity contribution in [2.75, 3.05) is 0 Å². The second-order valence-corrected chi connectivity index (χ2v) is 7.80. The van der Waals surface area contributed by atoms with Gasteiger partial charge in [-0.25, -0.2) is 14.4 Å². The number of carboxylic acids is 1. The molecular formula is C19H15ClFN5O2S. The highest BCUT2D eigenvalue weighted by atomic mass is 35.5. The highest BCUT2D eigenvalue weighted by Gasteiger charge is 2.22. The highest BCUT2D eigenvalue weighted by molar-refractivity contribution is 7.99. The van der Waals surface area contributed by atoms with Crippen molar-refractivity contribution in [3.63, 3.8) is 0 Å². The first-order valence-corrected chi connectivity index (χ1v) is 9.74. The second kappa shape index (κ2) is 7.49. The van der Waals surface area contributed by atoms with Crippen molar-refractivity contribution >= 4 is 40.2 Å². The number of hydrogen-bond donors (Lipinski definition) is 1. The molecule has 10 heteroatoms. The number of carbonyl (C=O) groups is 1. The standard InChI is InChI=1S/C19H15ClFN5O2S/c1-10-19(29-15-5-6-22-14(24-15)7-16(27)28)12-3-4-13(20)17(21)18(12)26(10)11-8-23-25(2)9-11/h3-6,8-9H,7H2,1-2H3,(H,27,28). The summed E-state index contributed by atoms with van der Waals surface area (Å²) in [6.45, 7) is 1.88. The molecule has 0 saturated carbocycles. The average Bonchev–Trinajstić information content (AvgIpc) is 3.20. The normalized spacial score (nSPS) is 11.3. The average molecular weight is 432 g/mol. The summed E-state index contributed by atoms with van der Waals surface area (Å²) in [5, 5.41) is 14.4. The molecule has 1 aromatic carbocycles. The molecule has 0 aliphatic carbocycles. The number of carboxylic acid groups (broad SMARTS) is 1. The first-order chi connectivity index (χ1) is 13.8. The smallest absolute Gasteiger partial charge is 0.311 e. The number of aryl methyl sites for hydroxylation is 1. The second-order valence-electron chi connectivity index (χ2n) is 6.36. The topological polar surface area (TPSA) is 85.8 Å². The van der Waals surface area contributed by atoms with E-state index >= 15 is 4.39 Å². The van der Waals surface area contributed by atoms with Crippen LogP contribution in [0.1, 0.15) is 11.5 Å². The van der Waals surface area contributed by atoms with E-state index in [0.29, 0.717) is 21.6 Å². The van der Waals surface area contributed by atoms with Crippen molar-refractivity contribution in [3.05, 3.63) is 59.1 Å². The van der Waals surface area contributed by atoms with Crippen molar-refractivity contribution in [3.8, 4) is 5.69 Å². The van der Waals surface area contributed by atoms with E-state index in [9.17, 15) is 4.79 Å². The fraction of sp³-hybridized carbons (Fsp3) is 0.158. The molecule has 148 valence electrons. The number of aromatic nitrogens is 5. The Morgan fingerprint density at radius 1 is 1.34 bits per heavy atom. The third-order valence-electron chi connectivity index (χ3n) is 4.35. The van der Waals surface area contributed by atoms with Crippen molar-refractivity contribution in [2.45, 2.75) is 23.3 Å². The number of hydrogen-bond acceptors (Lipinski definition) is 5. The molecule has 1 N–H and O–H groups in total. The largest absolute Gasteiger partial charge is 0.481 e. The van der Waals surface area contributed by atoms with E-state index in [1.807, 2.05) is 6.92 Å². The monoisotopic (exact) mass is 431 g/mol. The molecule has 3 heterocycles. The SMILES string of the molecule is Cc1c(Sc2ccnc(CC(=O)O)n2)c2ccc(Cl)c(F)c2n1-c1cnn(C)c1. The summed E-state index contributed by atoms with van der Waals surface area (Å²) >= 11 is 7.37. The maximum absolute atomic E-state index is 15.0. The molecule has 0 aliphatic heterocycles. The third-order valence-corrected chi connectivity index (χ3v) is 5.79. The lowest BCUT2D eigenvalue weighted by molar-refractivity contribution is -0.136. The first-order valence-electron chi connectivity index (χ1n) is 8.54. The van der Waals surface area contributed by atoms with Gasteiger partial charge in [0.1, 0.15) is 17.3 Å². The van der Waals surface area contributed by atoms with Crippen LogP contribution in [0.4, 0.5) is 4.39 Å². The summed E-state index contributed by atoms with van der Waals surface area (Å²) in [7, 11) is 1.79. The molecule has 0 aliphatic rings. The fourth-order valence-electron chi connectivity index (χ4n) is 3.14. The molecule has 4 rings (SSSR count). The van der Waals surface area contributed by atoms with Crippen LogP contribution in [0.2, 0.25) is 5.02 Å². The van der Waals surface area contributed by atoms with Gasteiger partial charge in [0.25, 0.3) is 0 Å². The van der Waals surface area contributed by atoms with E-state index < -0.39 is 11.8 Å². The molecule has 7 nitrogen and oxygen atoms in total. The molecule has 0 bridgehead atoms. The summed E-state index contributed by atoms with van der Waals surface area (Å²) in [5.41, 5.74) is 1.85. The molecule has 29 heavy (non-hydrogen) atoms. The summed E-state index contributed by atoms with van der Waals surface area (Å²) in [4.78, 5) is 20.0. The Morgan fingerprint density at radius 3 is 2.83 bits per heavy atom. The number of rotatable bonds is 5. The zero-order chi connectivity index (χ0) is 20.7. The van der Waals surface area contributed by atoms with Crippen LogP contribution in [0.5, 0.6) is 0 Å². The van der Waals surface area contributed by atoms with Gasteiger partial charge in [-0.3, -0.25) is 9.48 Å². The van der Waals surface area contributed by atoms with Crippen LogP contribution < -0.4 is 0 Å². The van der Waals surface area contributed by atoms with Gasteiger partial charge in [0.2, 0.25) is 0 Å². The molecule has 0 saturated heterocycles. The first kappa shape index (κ1) is 19.4. The molecule has 4 aromatic rings. The number of benzene rings is 1. The van der Waals surface area contributed by atoms with E-state index in [4.69, 9.17) is 16.7 Å². The molecule has 0 amide bonds. The van der Waals surface area contributed by atoms with Gasteiger partial charge in [-0.15, -0.1) is 0 Å². The lowest BCUT2D eigenvalue weighted by Crippen LogP contribution is -2.04. The molecular weight excluding hydrogens is 417 g/mol. The van der Waals surface area contributed by atoms with Crippen molar-refractivity contribution < 1.29 is 14.3 Å². The van der Waals surface area contributed by atoms with Gasteiger partial charge in [-0.05, 0) is 25.1 Å². The number of halogens is 2. The molecule has 0 spiro atoms. The molecule has 0 atom stereocenters. The van der Waals surface area contributed by atoms with Crippen molar-refractivity contribution in [2.24, 2.45) is 7.05 Å². The summed E-state index contributed by atoms with van der Waals surface area (Å²) in [6.07, 6.45) is 4.68. The molecule has 0 fully saturated rings. The quantitative estimate of drug-likeness (QED) is 0.480. The maximum atomic E-state index is 15.0. The van der Waals surface area contributed by atoms with Crippen LogP contribution in [0.3, 0.4) is 0 Å². The van der Waals surface area contributed by atoms with E-state index in [0.717, 1.165) is 10.6 Å². The minimum atomic E-state index is -1.01. The van der Waals surface area contributed by atoms with Gasteiger partial charge in [0, 0.05) is 35.4 Å².